The van der Waals surface area contributed by atoms with E-state index in [0.717, 1.165) is 12.6 Å². The van der Waals surface area contributed by atoms with E-state index in [9.17, 15) is 4.39 Å². The highest BCUT2D eigenvalue weighted by atomic mass is 19.1. The Kier molecular flexibility index (Phi) is 3.64. The Hall–Kier alpha value is -1.16. The summed E-state index contributed by atoms with van der Waals surface area (Å²) in [5.74, 6) is 0.227. The number of hydrogen-bond acceptors (Lipinski definition) is 3. The van der Waals surface area contributed by atoms with Crippen LogP contribution in [0.5, 0.6) is 0 Å². The van der Waals surface area contributed by atoms with Crippen LogP contribution in [0.25, 0.3) is 0 Å². The molecule has 0 radical (unpaired) electrons. The van der Waals surface area contributed by atoms with Gasteiger partial charge in [0, 0.05) is 0 Å². The van der Waals surface area contributed by atoms with E-state index in [1.807, 2.05) is 6.92 Å². The topological polar surface area (TPSA) is 45.1 Å². The molecule has 3 nitrogen and oxygen atoms in total. The first-order chi connectivity index (χ1) is 6.26. The molecule has 2 N–H and O–H groups in total. The zero-order chi connectivity index (χ0) is 9.68. The Bertz CT molecular complexity index is 246. The molecular weight excluding hydrogens is 171 g/mol. The van der Waals surface area contributed by atoms with Crippen molar-refractivity contribution in [2.24, 2.45) is 0 Å². The van der Waals surface area contributed by atoms with Gasteiger partial charge in [0.2, 0.25) is 0 Å². The summed E-state index contributed by atoms with van der Waals surface area (Å²) < 4.78 is 12.4. The highest BCUT2D eigenvalue weighted by Crippen LogP contribution is 2.06. The van der Waals surface area contributed by atoms with Crippen LogP contribution < -0.4 is 5.32 Å². The minimum atomic E-state index is -0.359. The molecule has 0 aliphatic rings. The molecule has 1 aromatic heterocycles. The third kappa shape index (κ3) is 2.99. The molecule has 13 heavy (non-hydrogen) atoms. The quantitative estimate of drug-likeness (QED) is 0.743. The second-order valence-corrected chi connectivity index (χ2v) is 2.79. The van der Waals surface area contributed by atoms with Crippen molar-refractivity contribution in [1.29, 1.82) is 0 Å². The molecule has 0 aliphatic carbocycles. The minimum absolute atomic E-state index is 0.0158. The molecule has 1 aromatic rings. The molecule has 1 heterocycles. The zero-order valence-electron chi connectivity index (χ0n) is 7.50. The van der Waals surface area contributed by atoms with Crippen LogP contribution in [0.4, 0.5) is 10.2 Å². The van der Waals surface area contributed by atoms with Gasteiger partial charge in [-0.3, -0.25) is 0 Å². The molecule has 0 bridgehead atoms. The van der Waals surface area contributed by atoms with Crippen molar-refractivity contribution < 1.29 is 9.50 Å². The smallest absolute Gasteiger partial charge is 0.141 e. The van der Waals surface area contributed by atoms with Gasteiger partial charge in [-0.2, -0.15) is 0 Å². The van der Waals surface area contributed by atoms with E-state index >= 15 is 0 Å². The largest absolute Gasteiger partial charge is 0.394 e. The maximum absolute atomic E-state index is 12.4. The van der Waals surface area contributed by atoms with Crippen LogP contribution in [0.2, 0.25) is 0 Å². The number of aliphatic hydroxyl groups is 1. The first-order valence-corrected chi connectivity index (χ1v) is 4.25. The highest BCUT2D eigenvalue weighted by Gasteiger charge is 2.04. The summed E-state index contributed by atoms with van der Waals surface area (Å²) in [6.07, 6.45) is 1.95. The lowest BCUT2D eigenvalue weighted by atomic mass is 10.2. The molecule has 4 heteroatoms. The van der Waals surface area contributed by atoms with Crippen LogP contribution >= 0.6 is 0 Å². The third-order valence-electron chi connectivity index (χ3n) is 1.79. The van der Waals surface area contributed by atoms with E-state index in [0.29, 0.717) is 5.82 Å². The van der Waals surface area contributed by atoms with Crippen LogP contribution in [0, 0.1) is 5.82 Å². The molecule has 0 spiro atoms. The summed E-state index contributed by atoms with van der Waals surface area (Å²) in [7, 11) is 0. The highest BCUT2D eigenvalue weighted by molar-refractivity contribution is 5.34. The van der Waals surface area contributed by atoms with E-state index in [1.165, 1.54) is 6.07 Å². The standard InChI is InChI=1S/C9H13FN2O/c1-2-8(6-13)12-9-4-3-7(10)5-11-9/h3-5,8,13H,2,6H2,1H3,(H,11,12). The number of halogens is 1. The zero-order valence-corrected chi connectivity index (χ0v) is 7.50. The summed E-state index contributed by atoms with van der Waals surface area (Å²) in [5, 5.41) is 11.9. The molecule has 1 rings (SSSR count). The van der Waals surface area contributed by atoms with Gasteiger partial charge in [0.05, 0.1) is 18.8 Å². The van der Waals surface area contributed by atoms with Crippen molar-refractivity contribution in [1.82, 2.24) is 4.98 Å². The number of aliphatic hydroxyl groups excluding tert-OH is 1. The van der Waals surface area contributed by atoms with Crippen molar-refractivity contribution >= 4 is 5.82 Å². The Morgan fingerprint density at radius 1 is 1.62 bits per heavy atom. The van der Waals surface area contributed by atoms with E-state index in [-0.39, 0.29) is 18.5 Å². The Balaban J connectivity index is 2.58. The van der Waals surface area contributed by atoms with Gasteiger partial charge in [0.25, 0.3) is 0 Å². The molecule has 0 aromatic carbocycles. The van der Waals surface area contributed by atoms with E-state index in [2.05, 4.69) is 10.3 Å². The summed E-state index contributed by atoms with van der Waals surface area (Å²) in [5.41, 5.74) is 0. The number of hydrogen-bond donors (Lipinski definition) is 2. The monoisotopic (exact) mass is 184 g/mol. The lowest BCUT2D eigenvalue weighted by Crippen LogP contribution is -2.23. The number of pyridine rings is 1. The first-order valence-electron chi connectivity index (χ1n) is 4.25. The van der Waals surface area contributed by atoms with Gasteiger partial charge in [0.15, 0.2) is 0 Å². The fourth-order valence-corrected chi connectivity index (χ4v) is 0.947. The Morgan fingerprint density at radius 3 is 2.85 bits per heavy atom. The van der Waals surface area contributed by atoms with Crippen LogP contribution in [0.1, 0.15) is 13.3 Å². The Labute approximate surface area is 76.6 Å². The number of rotatable bonds is 4. The van der Waals surface area contributed by atoms with Gasteiger partial charge in [-0.15, -0.1) is 0 Å². The van der Waals surface area contributed by atoms with Crippen molar-refractivity contribution in [3.63, 3.8) is 0 Å². The van der Waals surface area contributed by atoms with E-state index in [4.69, 9.17) is 5.11 Å². The van der Waals surface area contributed by atoms with E-state index in [1.54, 1.807) is 6.07 Å². The van der Waals surface area contributed by atoms with Gasteiger partial charge in [0.1, 0.15) is 11.6 Å². The predicted molar refractivity (Wildman–Crippen MR) is 49.0 cm³/mol. The molecule has 0 saturated heterocycles. The van der Waals surface area contributed by atoms with Crippen molar-refractivity contribution in [2.75, 3.05) is 11.9 Å². The third-order valence-corrected chi connectivity index (χ3v) is 1.79. The minimum Gasteiger partial charge on any atom is -0.394 e. The van der Waals surface area contributed by atoms with Crippen LogP contribution in [0.3, 0.4) is 0 Å². The van der Waals surface area contributed by atoms with Crippen LogP contribution in [0.15, 0.2) is 18.3 Å². The molecule has 1 unspecified atom stereocenters. The SMILES string of the molecule is CCC(CO)Nc1ccc(F)cn1. The van der Waals surface area contributed by atoms with E-state index < -0.39 is 0 Å². The Morgan fingerprint density at radius 2 is 2.38 bits per heavy atom. The van der Waals surface area contributed by atoms with Gasteiger partial charge in [-0.1, -0.05) is 6.92 Å². The number of anilines is 1. The first kappa shape index (κ1) is 9.92. The molecule has 72 valence electrons. The second kappa shape index (κ2) is 4.77. The maximum Gasteiger partial charge on any atom is 0.141 e. The van der Waals surface area contributed by atoms with Crippen molar-refractivity contribution in [2.45, 2.75) is 19.4 Å². The lowest BCUT2D eigenvalue weighted by molar-refractivity contribution is 0.271. The lowest BCUT2D eigenvalue weighted by Gasteiger charge is -2.13. The number of aromatic nitrogens is 1. The van der Waals surface area contributed by atoms with Gasteiger partial charge in [-0.05, 0) is 18.6 Å². The summed E-state index contributed by atoms with van der Waals surface area (Å²) in [6, 6.07) is 2.87. The average molecular weight is 184 g/mol. The maximum atomic E-state index is 12.4. The summed E-state index contributed by atoms with van der Waals surface area (Å²) in [4.78, 5) is 3.82. The average Bonchev–Trinajstić information content (AvgIpc) is 2.17. The van der Waals surface area contributed by atoms with Crippen molar-refractivity contribution in [3.05, 3.63) is 24.1 Å². The number of nitrogens with one attached hydrogen (secondary N) is 1. The normalized spacial score (nSPS) is 12.5. The summed E-state index contributed by atoms with van der Waals surface area (Å²) >= 11 is 0. The molecular formula is C9H13FN2O. The van der Waals surface area contributed by atoms with Gasteiger partial charge in [-0.25, -0.2) is 9.37 Å². The fraction of sp³-hybridized carbons (Fsp3) is 0.444. The molecule has 0 fully saturated rings. The van der Waals surface area contributed by atoms with Crippen LogP contribution in [-0.2, 0) is 0 Å². The molecule has 0 saturated carbocycles. The van der Waals surface area contributed by atoms with Gasteiger partial charge < -0.3 is 10.4 Å². The second-order valence-electron chi connectivity index (χ2n) is 2.79. The molecule has 1 atom stereocenters. The van der Waals surface area contributed by atoms with Gasteiger partial charge >= 0.3 is 0 Å². The number of nitrogens with zero attached hydrogens (tertiary/aromatic N) is 1. The van der Waals surface area contributed by atoms with Crippen molar-refractivity contribution in [3.8, 4) is 0 Å². The summed E-state index contributed by atoms with van der Waals surface area (Å²) in [6.45, 7) is 2.01. The molecule has 0 aliphatic heterocycles. The predicted octanol–water partition coefficient (Wildman–Crippen LogP) is 1.40. The molecule has 0 amide bonds. The van der Waals surface area contributed by atoms with Crippen LogP contribution in [-0.4, -0.2) is 22.7 Å². The fourth-order valence-electron chi connectivity index (χ4n) is 0.947.